The van der Waals surface area contributed by atoms with Crippen LogP contribution in [0.15, 0.2) is 78.0 Å². The van der Waals surface area contributed by atoms with Crippen molar-refractivity contribution in [2.45, 2.75) is 4.90 Å². The van der Waals surface area contributed by atoms with Crippen molar-refractivity contribution in [3.63, 3.8) is 0 Å². The van der Waals surface area contributed by atoms with Crippen molar-refractivity contribution in [2.24, 2.45) is 0 Å². The molecule has 1 aliphatic heterocycles. The second-order valence-electron chi connectivity index (χ2n) is 8.32. The first kappa shape index (κ1) is 25.6. The predicted octanol–water partition coefficient (Wildman–Crippen LogP) is 2.24. The highest BCUT2D eigenvalue weighted by Gasteiger charge is 2.28. The third kappa shape index (κ3) is 5.50. The molecule has 12 heteroatoms. The number of hydrogen-bond donors (Lipinski definition) is 1. The summed E-state index contributed by atoms with van der Waals surface area (Å²) in [4.78, 5) is 19.1. The molecular formula is C24H27N5O5S2. The van der Waals surface area contributed by atoms with Crippen molar-refractivity contribution in [2.75, 3.05) is 54.0 Å². The number of piperazine rings is 1. The average Bonchev–Trinajstić information content (AvgIpc) is 2.88. The Labute approximate surface area is 211 Å². The summed E-state index contributed by atoms with van der Waals surface area (Å²) in [5, 5.41) is 2.71. The molecule has 1 aromatic heterocycles. The van der Waals surface area contributed by atoms with E-state index in [0.717, 1.165) is 16.2 Å². The van der Waals surface area contributed by atoms with E-state index in [4.69, 9.17) is 0 Å². The van der Waals surface area contributed by atoms with Gasteiger partial charge in [0.1, 0.15) is 0 Å². The second kappa shape index (κ2) is 10.2. The van der Waals surface area contributed by atoms with Crippen LogP contribution in [-0.2, 0) is 20.0 Å². The Bertz CT molecular complexity index is 1440. The molecule has 0 aliphatic carbocycles. The lowest BCUT2D eigenvalue weighted by Crippen LogP contribution is -2.48. The fourth-order valence-corrected chi connectivity index (χ4v) is 5.86. The van der Waals surface area contributed by atoms with Crippen molar-refractivity contribution in [1.82, 2.24) is 9.29 Å². The van der Waals surface area contributed by atoms with Gasteiger partial charge in [-0.1, -0.05) is 12.1 Å². The minimum Gasteiger partial charge on any atom is -0.369 e. The van der Waals surface area contributed by atoms with Crippen LogP contribution in [0.5, 0.6) is 0 Å². The smallest absolute Gasteiger partial charge is 0.257 e. The summed E-state index contributed by atoms with van der Waals surface area (Å²) in [5.74, 6) is -0.510. The van der Waals surface area contributed by atoms with Gasteiger partial charge >= 0.3 is 0 Å². The lowest BCUT2D eigenvalue weighted by atomic mass is 10.1. The molecule has 0 atom stereocenters. The highest BCUT2D eigenvalue weighted by molar-refractivity contribution is 7.92. The number of aromatic nitrogens is 1. The number of benzene rings is 2. The number of pyridine rings is 1. The second-order valence-corrected chi connectivity index (χ2v) is 12.3. The zero-order valence-electron chi connectivity index (χ0n) is 19.9. The standard InChI is InChI=1S/C24H27N5O5S2/c1-27(35(2,31)32)23-6-4-3-5-22(23)24(30)26-19-7-9-21(10-8-19)36(33,34)29-17-15-28(16-18-29)20-11-13-25-14-12-20/h3-14H,15-18H2,1-2H3,(H,26,30). The van der Waals surface area contributed by atoms with Crippen molar-refractivity contribution in [1.29, 1.82) is 0 Å². The Morgan fingerprint density at radius 1 is 0.889 bits per heavy atom. The molecule has 10 nitrogen and oxygen atoms in total. The van der Waals surface area contributed by atoms with Gasteiger partial charge in [0.2, 0.25) is 20.0 Å². The molecule has 190 valence electrons. The first-order valence-corrected chi connectivity index (χ1v) is 14.5. The average molecular weight is 530 g/mol. The van der Waals surface area contributed by atoms with Gasteiger partial charge in [0.15, 0.2) is 0 Å². The number of nitrogens with one attached hydrogen (secondary N) is 1. The van der Waals surface area contributed by atoms with Crippen LogP contribution in [0.4, 0.5) is 17.1 Å². The number of carbonyl (C=O) groups excluding carboxylic acids is 1. The van der Waals surface area contributed by atoms with E-state index in [1.165, 1.54) is 41.7 Å². The van der Waals surface area contributed by atoms with E-state index in [9.17, 15) is 21.6 Å². The molecule has 0 unspecified atom stereocenters. The Morgan fingerprint density at radius 2 is 1.50 bits per heavy atom. The van der Waals surface area contributed by atoms with E-state index in [1.807, 2.05) is 12.1 Å². The molecular weight excluding hydrogens is 502 g/mol. The molecule has 0 spiro atoms. The van der Waals surface area contributed by atoms with Crippen LogP contribution >= 0.6 is 0 Å². The van der Waals surface area contributed by atoms with Gasteiger partial charge in [-0.15, -0.1) is 0 Å². The number of rotatable bonds is 7. The summed E-state index contributed by atoms with van der Waals surface area (Å²) >= 11 is 0. The Balaban J connectivity index is 1.44. The van der Waals surface area contributed by atoms with E-state index in [1.54, 1.807) is 30.6 Å². The van der Waals surface area contributed by atoms with E-state index in [2.05, 4.69) is 15.2 Å². The van der Waals surface area contributed by atoms with Gasteiger partial charge < -0.3 is 10.2 Å². The minimum atomic E-state index is -3.69. The van der Waals surface area contributed by atoms with Crippen molar-refractivity contribution >= 4 is 43.0 Å². The topological polar surface area (TPSA) is 120 Å². The SMILES string of the molecule is CN(c1ccccc1C(=O)Nc1ccc(S(=O)(=O)N2CCN(c3ccncc3)CC2)cc1)S(C)(=O)=O. The molecule has 4 rings (SSSR count). The number of para-hydroxylation sites is 1. The van der Waals surface area contributed by atoms with Gasteiger partial charge in [-0.25, -0.2) is 16.8 Å². The lowest BCUT2D eigenvalue weighted by Gasteiger charge is -2.35. The largest absolute Gasteiger partial charge is 0.369 e. The zero-order chi connectivity index (χ0) is 25.9. The molecule has 3 aromatic rings. The van der Waals surface area contributed by atoms with Gasteiger partial charge in [-0.2, -0.15) is 4.31 Å². The molecule has 1 amide bonds. The maximum absolute atomic E-state index is 13.1. The van der Waals surface area contributed by atoms with Crippen LogP contribution < -0.4 is 14.5 Å². The van der Waals surface area contributed by atoms with Gasteiger partial charge in [-0.05, 0) is 48.5 Å². The Kier molecular flexibility index (Phi) is 7.29. The molecule has 1 aliphatic rings. The maximum atomic E-state index is 13.1. The van der Waals surface area contributed by atoms with E-state index in [-0.39, 0.29) is 16.1 Å². The zero-order valence-corrected chi connectivity index (χ0v) is 21.5. The fourth-order valence-electron chi connectivity index (χ4n) is 3.92. The quantitative estimate of drug-likeness (QED) is 0.498. The number of anilines is 3. The maximum Gasteiger partial charge on any atom is 0.257 e. The summed E-state index contributed by atoms with van der Waals surface area (Å²) in [5.41, 5.74) is 1.81. The van der Waals surface area contributed by atoms with Crippen LogP contribution in [0.25, 0.3) is 0 Å². The van der Waals surface area contributed by atoms with Gasteiger partial charge in [0, 0.05) is 57.0 Å². The van der Waals surface area contributed by atoms with Gasteiger partial charge in [0.05, 0.1) is 22.4 Å². The predicted molar refractivity (Wildman–Crippen MR) is 139 cm³/mol. The number of sulfonamides is 2. The van der Waals surface area contributed by atoms with Crippen LogP contribution in [-0.4, -0.2) is 71.5 Å². The summed E-state index contributed by atoms with van der Waals surface area (Å²) in [7, 11) is -5.88. The highest BCUT2D eigenvalue weighted by atomic mass is 32.2. The van der Waals surface area contributed by atoms with Crippen LogP contribution in [0.1, 0.15) is 10.4 Å². The minimum absolute atomic E-state index is 0.134. The molecule has 1 saturated heterocycles. The molecule has 36 heavy (non-hydrogen) atoms. The molecule has 0 bridgehead atoms. The van der Waals surface area contributed by atoms with Crippen LogP contribution in [0.3, 0.4) is 0 Å². The highest BCUT2D eigenvalue weighted by Crippen LogP contribution is 2.25. The van der Waals surface area contributed by atoms with Crippen LogP contribution in [0, 0.1) is 0 Å². The third-order valence-electron chi connectivity index (χ3n) is 6.00. The Hall–Kier alpha value is -3.48. The summed E-state index contributed by atoms with van der Waals surface area (Å²) in [6.07, 6.45) is 4.47. The van der Waals surface area contributed by atoms with Gasteiger partial charge in [0.25, 0.3) is 5.91 Å². The van der Waals surface area contributed by atoms with Crippen molar-refractivity contribution in [3.8, 4) is 0 Å². The number of nitrogens with zero attached hydrogens (tertiary/aromatic N) is 4. The molecule has 2 aromatic carbocycles. The van der Waals surface area contributed by atoms with E-state index < -0.39 is 26.0 Å². The van der Waals surface area contributed by atoms with E-state index >= 15 is 0 Å². The molecule has 2 heterocycles. The third-order valence-corrected chi connectivity index (χ3v) is 9.11. The van der Waals surface area contributed by atoms with Crippen LogP contribution in [0.2, 0.25) is 0 Å². The molecule has 1 fully saturated rings. The number of hydrogen-bond acceptors (Lipinski definition) is 7. The first-order chi connectivity index (χ1) is 17.1. The number of amides is 1. The number of carbonyl (C=O) groups is 1. The van der Waals surface area contributed by atoms with Crippen molar-refractivity contribution in [3.05, 3.63) is 78.6 Å². The van der Waals surface area contributed by atoms with E-state index in [0.29, 0.717) is 31.9 Å². The van der Waals surface area contributed by atoms with Crippen molar-refractivity contribution < 1.29 is 21.6 Å². The molecule has 1 N–H and O–H groups in total. The lowest BCUT2D eigenvalue weighted by molar-refractivity contribution is 0.102. The first-order valence-electron chi connectivity index (χ1n) is 11.2. The molecule has 0 radical (unpaired) electrons. The molecule has 0 saturated carbocycles. The summed E-state index contributed by atoms with van der Waals surface area (Å²) in [6, 6.07) is 16.1. The monoisotopic (exact) mass is 529 g/mol. The van der Waals surface area contributed by atoms with Gasteiger partial charge in [-0.3, -0.25) is 14.1 Å². The fraction of sp³-hybridized carbons (Fsp3) is 0.250. The Morgan fingerprint density at radius 3 is 2.11 bits per heavy atom. The normalized spacial score (nSPS) is 14.9. The summed E-state index contributed by atoms with van der Waals surface area (Å²) in [6.45, 7) is 1.85. The summed E-state index contributed by atoms with van der Waals surface area (Å²) < 4.78 is 52.7.